The van der Waals surface area contributed by atoms with E-state index in [9.17, 15) is 26.7 Å². The van der Waals surface area contributed by atoms with E-state index in [1.807, 2.05) is 0 Å². The van der Waals surface area contributed by atoms with Crippen LogP contribution in [0.5, 0.6) is 0 Å². The normalized spacial score (nSPS) is 13.4. The predicted octanol–water partition coefficient (Wildman–Crippen LogP) is 6.23. The van der Waals surface area contributed by atoms with E-state index >= 15 is 0 Å². The van der Waals surface area contributed by atoms with Gasteiger partial charge >= 0.3 is 12.2 Å². The molecular formula is C24H21ClF5N3O. The number of amides is 2. The number of urea groups is 1. The van der Waals surface area contributed by atoms with Gasteiger partial charge in [0, 0.05) is 18.7 Å². The zero-order chi connectivity index (χ0) is 25.1. The minimum Gasteiger partial charge on any atom is -0.336 e. The number of pyridine rings is 1. The van der Waals surface area contributed by atoms with Gasteiger partial charge in [-0.3, -0.25) is 4.98 Å². The van der Waals surface area contributed by atoms with E-state index in [4.69, 9.17) is 11.6 Å². The molecule has 0 saturated heterocycles. The molecule has 0 saturated carbocycles. The maximum atomic E-state index is 14.5. The van der Waals surface area contributed by atoms with Gasteiger partial charge in [-0.05, 0) is 67.4 Å². The van der Waals surface area contributed by atoms with Gasteiger partial charge in [0.15, 0.2) is 0 Å². The molecular weight excluding hydrogens is 477 g/mol. The molecule has 0 radical (unpaired) electrons. The number of benzene rings is 2. The Kier molecular flexibility index (Phi) is 7.45. The highest BCUT2D eigenvalue weighted by Gasteiger charge is 2.41. The molecule has 34 heavy (non-hydrogen) atoms. The van der Waals surface area contributed by atoms with Crippen molar-refractivity contribution in [3.63, 3.8) is 0 Å². The van der Waals surface area contributed by atoms with Gasteiger partial charge in [-0.2, -0.15) is 13.2 Å². The molecule has 0 aliphatic rings. The van der Waals surface area contributed by atoms with Crippen molar-refractivity contribution in [1.82, 2.24) is 15.6 Å². The van der Waals surface area contributed by atoms with E-state index in [2.05, 4.69) is 15.6 Å². The Morgan fingerprint density at radius 3 is 2.18 bits per heavy atom. The van der Waals surface area contributed by atoms with E-state index in [0.29, 0.717) is 11.6 Å². The third-order valence-electron chi connectivity index (χ3n) is 5.01. The van der Waals surface area contributed by atoms with Crippen molar-refractivity contribution >= 4 is 17.6 Å². The Morgan fingerprint density at radius 2 is 1.62 bits per heavy atom. The van der Waals surface area contributed by atoms with Gasteiger partial charge in [0.2, 0.25) is 0 Å². The molecule has 4 nitrogen and oxygen atoms in total. The minimum absolute atomic E-state index is 0.110. The van der Waals surface area contributed by atoms with Gasteiger partial charge in [-0.1, -0.05) is 23.7 Å². The molecule has 180 valence electrons. The molecule has 1 unspecified atom stereocenters. The highest BCUT2D eigenvalue weighted by Crippen LogP contribution is 2.38. The van der Waals surface area contributed by atoms with E-state index in [1.165, 1.54) is 42.6 Å². The summed E-state index contributed by atoms with van der Waals surface area (Å²) >= 11 is 5.96. The number of nitrogens with zero attached hydrogens (tertiary/aromatic N) is 1. The molecule has 0 bridgehead atoms. The fourth-order valence-electron chi connectivity index (χ4n) is 3.55. The van der Waals surface area contributed by atoms with Gasteiger partial charge in [0.25, 0.3) is 0 Å². The molecule has 2 N–H and O–H groups in total. The van der Waals surface area contributed by atoms with E-state index < -0.39 is 34.9 Å². The Morgan fingerprint density at radius 1 is 0.971 bits per heavy atom. The van der Waals surface area contributed by atoms with Crippen LogP contribution in [0.15, 0.2) is 60.8 Å². The second-order valence-corrected chi connectivity index (χ2v) is 8.49. The summed E-state index contributed by atoms with van der Waals surface area (Å²) in [4.78, 5) is 17.1. The standard InChI is InChI=1S/C24H21ClF5N3O/c1-14(2)32-22(34)33-23(21-8-5-18(25)13-31-21,12-15-3-6-19(26)7-4-15)16-9-17(24(28,29)30)11-20(27)10-16/h3-11,13-14H,12H2,1-2H3,(H2,32,33,34). The minimum atomic E-state index is -4.84. The maximum Gasteiger partial charge on any atom is 0.416 e. The molecule has 2 aromatic carbocycles. The number of nitrogens with one attached hydrogen (secondary N) is 2. The van der Waals surface area contributed by atoms with Crippen molar-refractivity contribution in [1.29, 1.82) is 0 Å². The van der Waals surface area contributed by atoms with Crippen molar-refractivity contribution in [3.8, 4) is 0 Å². The molecule has 0 aliphatic carbocycles. The molecule has 2 amide bonds. The second-order valence-electron chi connectivity index (χ2n) is 8.05. The van der Waals surface area contributed by atoms with Gasteiger partial charge in [0.1, 0.15) is 17.2 Å². The first-order valence-electron chi connectivity index (χ1n) is 10.2. The quantitative estimate of drug-likeness (QED) is 0.397. The number of carbonyl (C=O) groups excluding carboxylic acids is 1. The highest BCUT2D eigenvalue weighted by atomic mass is 35.5. The number of alkyl halides is 3. The van der Waals surface area contributed by atoms with Crippen molar-refractivity contribution in [3.05, 3.63) is 99.8 Å². The van der Waals surface area contributed by atoms with Gasteiger partial charge in [0.05, 0.1) is 16.3 Å². The number of hydrogen-bond acceptors (Lipinski definition) is 2. The summed E-state index contributed by atoms with van der Waals surface area (Å²) in [6.45, 7) is 3.40. The van der Waals surface area contributed by atoms with Gasteiger partial charge < -0.3 is 10.6 Å². The van der Waals surface area contributed by atoms with Crippen LogP contribution in [0.1, 0.15) is 36.2 Å². The summed E-state index contributed by atoms with van der Waals surface area (Å²) in [5, 5.41) is 5.57. The van der Waals surface area contributed by atoms with Gasteiger partial charge in [-0.15, -0.1) is 0 Å². The Hall–Kier alpha value is -3.20. The van der Waals surface area contributed by atoms with Crippen LogP contribution in [0.4, 0.5) is 26.7 Å². The van der Waals surface area contributed by atoms with Crippen LogP contribution in [0.25, 0.3) is 0 Å². The molecule has 1 heterocycles. The third kappa shape index (κ3) is 6.02. The first kappa shape index (κ1) is 25.4. The fourth-order valence-corrected chi connectivity index (χ4v) is 3.66. The summed E-state index contributed by atoms with van der Waals surface area (Å²) < 4.78 is 68.7. The molecule has 3 rings (SSSR count). The Labute approximate surface area is 198 Å². The zero-order valence-corrected chi connectivity index (χ0v) is 18.9. The molecule has 0 spiro atoms. The predicted molar refractivity (Wildman–Crippen MR) is 118 cm³/mol. The average Bonchev–Trinajstić information content (AvgIpc) is 2.73. The summed E-state index contributed by atoms with van der Waals surface area (Å²) in [6.07, 6.45) is -3.73. The van der Waals surface area contributed by atoms with Crippen molar-refractivity contribution in [2.45, 2.75) is 38.0 Å². The summed E-state index contributed by atoms with van der Waals surface area (Å²) in [5.41, 5.74) is -2.62. The Bertz CT molecular complexity index is 1150. The number of carbonyl (C=O) groups is 1. The number of aromatic nitrogens is 1. The van der Waals surface area contributed by atoms with Gasteiger partial charge in [-0.25, -0.2) is 13.6 Å². The monoisotopic (exact) mass is 497 g/mol. The highest BCUT2D eigenvalue weighted by molar-refractivity contribution is 6.30. The zero-order valence-electron chi connectivity index (χ0n) is 18.2. The number of rotatable bonds is 6. The largest absolute Gasteiger partial charge is 0.416 e. The Balaban J connectivity index is 2.29. The molecule has 0 aliphatic heterocycles. The van der Waals surface area contributed by atoms with Crippen LogP contribution in [-0.4, -0.2) is 17.1 Å². The third-order valence-corrected chi connectivity index (χ3v) is 5.24. The lowest BCUT2D eigenvalue weighted by molar-refractivity contribution is -0.137. The maximum absolute atomic E-state index is 14.5. The molecule has 0 fully saturated rings. The van der Waals surface area contributed by atoms with Crippen molar-refractivity contribution < 1.29 is 26.7 Å². The summed E-state index contributed by atoms with van der Waals surface area (Å²) in [5.74, 6) is -1.66. The fraction of sp³-hybridized carbons (Fsp3) is 0.250. The van der Waals surface area contributed by atoms with Crippen LogP contribution in [0.2, 0.25) is 5.02 Å². The average molecular weight is 498 g/mol. The van der Waals surface area contributed by atoms with Crippen LogP contribution in [-0.2, 0) is 18.1 Å². The van der Waals surface area contributed by atoms with Crippen LogP contribution < -0.4 is 10.6 Å². The first-order chi connectivity index (χ1) is 15.9. The van der Waals surface area contributed by atoms with Crippen molar-refractivity contribution in [2.75, 3.05) is 0 Å². The second kappa shape index (κ2) is 9.97. The van der Waals surface area contributed by atoms with Crippen LogP contribution in [0.3, 0.4) is 0 Å². The van der Waals surface area contributed by atoms with Crippen molar-refractivity contribution in [2.24, 2.45) is 0 Å². The topological polar surface area (TPSA) is 54.0 Å². The SMILES string of the molecule is CC(C)NC(=O)NC(Cc1ccc(F)cc1)(c1cc(F)cc(C(F)(F)F)c1)c1ccc(Cl)cn1. The van der Waals surface area contributed by atoms with E-state index in [0.717, 1.165) is 12.1 Å². The van der Waals surface area contributed by atoms with E-state index in [-0.39, 0.29) is 28.7 Å². The first-order valence-corrected chi connectivity index (χ1v) is 10.6. The van der Waals surface area contributed by atoms with Crippen LogP contribution in [0, 0.1) is 11.6 Å². The summed E-state index contributed by atoms with van der Waals surface area (Å²) in [7, 11) is 0. The molecule has 1 atom stereocenters. The smallest absolute Gasteiger partial charge is 0.336 e. The lowest BCUT2D eigenvalue weighted by Gasteiger charge is -2.36. The van der Waals surface area contributed by atoms with Crippen LogP contribution >= 0.6 is 11.6 Å². The van der Waals surface area contributed by atoms with E-state index in [1.54, 1.807) is 13.8 Å². The molecule has 1 aromatic heterocycles. The lowest BCUT2D eigenvalue weighted by Crippen LogP contribution is -2.53. The molecule has 3 aromatic rings. The lowest BCUT2D eigenvalue weighted by atomic mass is 9.79. The molecule has 10 heteroatoms. The summed E-state index contributed by atoms with van der Waals surface area (Å²) in [6, 6.07) is 9.10. The number of halogens is 6. The number of hydrogen-bond donors (Lipinski definition) is 2.